The lowest BCUT2D eigenvalue weighted by molar-refractivity contribution is -0.122. The smallest absolute Gasteiger partial charge is 0.237 e. The second-order valence-electron chi connectivity index (χ2n) is 9.06. The Labute approximate surface area is 185 Å². The van der Waals surface area contributed by atoms with Crippen LogP contribution in [0.1, 0.15) is 62.7 Å². The fraction of sp³-hybridized carbons (Fsp3) is 0.560. The monoisotopic (exact) mass is 424 g/mol. The maximum absolute atomic E-state index is 12.2. The van der Waals surface area contributed by atoms with Crippen molar-refractivity contribution in [1.82, 2.24) is 14.9 Å². The normalized spacial score (nSPS) is 20.7. The molecule has 1 aromatic heterocycles. The van der Waals surface area contributed by atoms with Crippen LogP contribution in [-0.4, -0.2) is 34.3 Å². The molecule has 1 aliphatic carbocycles. The number of nitrogens with two attached hydrogens (primary N) is 1. The van der Waals surface area contributed by atoms with Crippen molar-refractivity contribution in [3.63, 3.8) is 0 Å². The summed E-state index contributed by atoms with van der Waals surface area (Å²) < 4.78 is 2.23. The van der Waals surface area contributed by atoms with E-state index in [-0.39, 0.29) is 11.8 Å². The van der Waals surface area contributed by atoms with E-state index in [0.29, 0.717) is 25.4 Å². The number of aromatic nitrogens is 2. The molecule has 6 heteroatoms. The number of carbonyl (C=O) groups is 2. The number of hydrogen-bond acceptors (Lipinski definition) is 4. The molecule has 2 unspecified atom stereocenters. The summed E-state index contributed by atoms with van der Waals surface area (Å²) in [4.78, 5) is 28.3. The number of benzene rings is 1. The maximum Gasteiger partial charge on any atom is 0.237 e. The van der Waals surface area contributed by atoms with E-state index < -0.39 is 6.04 Å². The van der Waals surface area contributed by atoms with Crippen molar-refractivity contribution in [2.75, 3.05) is 6.54 Å². The van der Waals surface area contributed by atoms with Crippen molar-refractivity contribution >= 4 is 12.2 Å². The predicted molar refractivity (Wildman–Crippen MR) is 123 cm³/mol. The van der Waals surface area contributed by atoms with Gasteiger partial charge in [0.1, 0.15) is 6.29 Å². The second kappa shape index (κ2) is 11.8. The van der Waals surface area contributed by atoms with Gasteiger partial charge in [0.15, 0.2) is 0 Å². The standard InChI is InChI=1S/C25H36N4O2/c1-19-9-11-23(12-10-19)29-16-22(28-18-29)14-21(17-30)8-5-13-27-25(31)24(26)15-20-6-3-2-4-7-20/h2-4,6-7,16-19,21,23-24H,5,8-15,26H2,1H3,(H,27,31). The van der Waals surface area contributed by atoms with Crippen molar-refractivity contribution in [3.8, 4) is 0 Å². The van der Waals surface area contributed by atoms with Crippen LogP contribution in [0.3, 0.4) is 0 Å². The van der Waals surface area contributed by atoms with Crippen LogP contribution in [0.5, 0.6) is 0 Å². The van der Waals surface area contributed by atoms with Gasteiger partial charge in [-0.25, -0.2) is 4.98 Å². The zero-order chi connectivity index (χ0) is 22.1. The Kier molecular flexibility index (Phi) is 8.83. The molecule has 1 aliphatic rings. The minimum Gasteiger partial charge on any atom is -0.355 e. The van der Waals surface area contributed by atoms with Gasteiger partial charge < -0.3 is 20.4 Å². The first-order valence-corrected chi connectivity index (χ1v) is 11.6. The zero-order valence-corrected chi connectivity index (χ0v) is 18.6. The van der Waals surface area contributed by atoms with Crippen LogP contribution in [0, 0.1) is 11.8 Å². The Morgan fingerprint density at radius 1 is 1.23 bits per heavy atom. The second-order valence-corrected chi connectivity index (χ2v) is 9.06. The lowest BCUT2D eigenvalue weighted by Crippen LogP contribution is -2.42. The fourth-order valence-electron chi connectivity index (χ4n) is 4.38. The molecular weight excluding hydrogens is 388 g/mol. The third-order valence-electron chi connectivity index (χ3n) is 6.41. The molecule has 2 atom stereocenters. The highest BCUT2D eigenvalue weighted by Gasteiger charge is 2.20. The Hall–Kier alpha value is -2.47. The third-order valence-corrected chi connectivity index (χ3v) is 6.41. The van der Waals surface area contributed by atoms with E-state index in [9.17, 15) is 9.59 Å². The summed E-state index contributed by atoms with van der Waals surface area (Å²) in [5.74, 6) is 0.601. The van der Waals surface area contributed by atoms with Gasteiger partial charge in [-0.1, -0.05) is 37.3 Å². The number of imidazole rings is 1. The van der Waals surface area contributed by atoms with Crippen LogP contribution in [-0.2, 0) is 22.4 Å². The minimum absolute atomic E-state index is 0.0791. The molecule has 1 heterocycles. The van der Waals surface area contributed by atoms with Gasteiger partial charge >= 0.3 is 0 Å². The quantitative estimate of drug-likeness (QED) is 0.427. The molecule has 6 nitrogen and oxygen atoms in total. The summed E-state index contributed by atoms with van der Waals surface area (Å²) in [6, 6.07) is 9.75. The van der Waals surface area contributed by atoms with E-state index in [1.54, 1.807) is 0 Å². The van der Waals surface area contributed by atoms with E-state index in [2.05, 4.69) is 28.0 Å². The molecule has 31 heavy (non-hydrogen) atoms. The number of amides is 1. The van der Waals surface area contributed by atoms with Gasteiger partial charge in [0.05, 0.1) is 18.1 Å². The summed E-state index contributed by atoms with van der Waals surface area (Å²) in [6.45, 7) is 2.85. The first kappa shape index (κ1) is 23.2. The van der Waals surface area contributed by atoms with Gasteiger partial charge in [0.2, 0.25) is 5.91 Å². The highest BCUT2D eigenvalue weighted by Crippen LogP contribution is 2.31. The molecule has 1 amide bonds. The van der Waals surface area contributed by atoms with Gasteiger partial charge in [-0.05, 0) is 56.4 Å². The van der Waals surface area contributed by atoms with Crippen LogP contribution in [0.25, 0.3) is 0 Å². The van der Waals surface area contributed by atoms with E-state index in [1.807, 2.05) is 36.7 Å². The molecule has 1 saturated carbocycles. The number of rotatable bonds is 11. The Bertz CT molecular complexity index is 812. The average Bonchev–Trinajstić information content (AvgIpc) is 3.25. The van der Waals surface area contributed by atoms with Crippen LogP contribution in [0.15, 0.2) is 42.9 Å². The molecule has 3 rings (SSSR count). The molecule has 0 saturated heterocycles. The molecule has 0 bridgehead atoms. The molecule has 1 aromatic carbocycles. The first-order valence-electron chi connectivity index (χ1n) is 11.6. The summed E-state index contributed by atoms with van der Waals surface area (Å²) in [6.07, 6.45) is 12.7. The lowest BCUT2D eigenvalue weighted by atomic mass is 9.87. The number of nitrogens with zero attached hydrogens (tertiary/aromatic N) is 2. The first-order chi connectivity index (χ1) is 15.0. The minimum atomic E-state index is -0.559. The summed E-state index contributed by atoms with van der Waals surface area (Å²) >= 11 is 0. The molecule has 168 valence electrons. The van der Waals surface area contributed by atoms with Gasteiger partial charge in [-0.3, -0.25) is 4.79 Å². The van der Waals surface area contributed by atoms with E-state index in [4.69, 9.17) is 5.73 Å². The SMILES string of the molecule is CC1CCC(n2cnc(CC(C=O)CCCNC(=O)C(N)Cc3ccccc3)c2)CC1. The molecule has 0 spiro atoms. The average molecular weight is 425 g/mol. The fourth-order valence-corrected chi connectivity index (χ4v) is 4.38. The third kappa shape index (κ3) is 7.31. The van der Waals surface area contributed by atoms with Gasteiger partial charge in [-0.15, -0.1) is 0 Å². The molecule has 0 aliphatic heterocycles. The van der Waals surface area contributed by atoms with E-state index in [0.717, 1.165) is 36.3 Å². The van der Waals surface area contributed by atoms with Gasteiger partial charge in [0, 0.05) is 31.1 Å². The highest BCUT2D eigenvalue weighted by atomic mass is 16.2. The van der Waals surface area contributed by atoms with Gasteiger partial charge in [-0.2, -0.15) is 0 Å². The predicted octanol–water partition coefficient (Wildman–Crippen LogP) is 3.46. The van der Waals surface area contributed by atoms with E-state index >= 15 is 0 Å². The Morgan fingerprint density at radius 2 is 1.97 bits per heavy atom. The van der Waals surface area contributed by atoms with Crippen molar-refractivity contribution < 1.29 is 9.59 Å². The Morgan fingerprint density at radius 3 is 2.68 bits per heavy atom. The summed E-state index contributed by atoms with van der Waals surface area (Å²) in [5, 5.41) is 2.90. The molecule has 3 N–H and O–H groups in total. The lowest BCUT2D eigenvalue weighted by Gasteiger charge is -2.26. The number of carbonyl (C=O) groups excluding carboxylic acids is 2. The van der Waals surface area contributed by atoms with Crippen molar-refractivity contribution in [2.24, 2.45) is 17.6 Å². The largest absolute Gasteiger partial charge is 0.355 e. The number of hydrogen-bond donors (Lipinski definition) is 2. The summed E-state index contributed by atoms with van der Waals surface area (Å²) in [5.41, 5.74) is 8.04. The van der Waals surface area contributed by atoms with Crippen molar-refractivity contribution in [2.45, 2.75) is 70.4 Å². The van der Waals surface area contributed by atoms with Crippen LogP contribution in [0.2, 0.25) is 0 Å². The van der Waals surface area contributed by atoms with Crippen LogP contribution >= 0.6 is 0 Å². The van der Waals surface area contributed by atoms with Crippen LogP contribution in [0.4, 0.5) is 0 Å². The van der Waals surface area contributed by atoms with Crippen molar-refractivity contribution in [1.29, 1.82) is 0 Å². The van der Waals surface area contributed by atoms with E-state index in [1.165, 1.54) is 25.7 Å². The zero-order valence-electron chi connectivity index (χ0n) is 18.6. The molecule has 0 radical (unpaired) electrons. The van der Waals surface area contributed by atoms with Gasteiger partial charge in [0.25, 0.3) is 0 Å². The molecule has 2 aromatic rings. The highest BCUT2D eigenvalue weighted by molar-refractivity contribution is 5.81. The Balaban J connectivity index is 1.36. The van der Waals surface area contributed by atoms with Crippen molar-refractivity contribution in [3.05, 3.63) is 54.1 Å². The number of aldehydes is 1. The number of nitrogens with one attached hydrogen (secondary N) is 1. The summed E-state index contributed by atoms with van der Waals surface area (Å²) in [7, 11) is 0. The topological polar surface area (TPSA) is 90.0 Å². The molecule has 1 fully saturated rings. The van der Waals surface area contributed by atoms with Crippen LogP contribution < -0.4 is 11.1 Å². The molecular formula is C25H36N4O2. The maximum atomic E-state index is 12.2.